The molecule has 5 heteroatoms. The summed E-state index contributed by atoms with van der Waals surface area (Å²) in [5.74, 6) is 1.61. The average molecular weight is 350 g/mol. The second-order valence-corrected chi connectivity index (χ2v) is 6.15. The van der Waals surface area contributed by atoms with Crippen molar-refractivity contribution < 1.29 is 4.39 Å². The van der Waals surface area contributed by atoms with Crippen molar-refractivity contribution in [3.8, 4) is 11.4 Å². The molecule has 2 aromatic rings. The molecular weight excluding hydrogens is 333 g/mol. The summed E-state index contributed by atoms with van der Waals surface area (Å²) >= 11 is 3.60. The van der Waals surface area contributed by atoms with Crippen molar-refractivity contribution in [2.24, 2.45) is 0 Å². The van der Waals surface area contributed by atoms with Gasteiger partial charge in [0.05, 0.1) is 10.2 Å². The Labute approximate surface area is 132 Å². The molecule has 1 aliphatic rings. The third-order valence-corrected chi connectivity index (χ3v) is 4.41. The molecule has 1 aromatic heterocycles. The maximum atomic E-state index is 13.6. The zero-order chi connectivity index (χ0) is 15.0. The van der Waals surface area contributed by atoms with Gasteiger partial charge in [0.2, 0.25) is 0 Å². The van der Waals surface area contributed by atoms with Gasteiger partial charge in [-0.1, -0.05) is 6.07 Å². The number of hydrogen-bond donors (Lipinski definition) is 1. The van der Waals surface area contributed by atoms with E-state index in [2.05, 4.69) is 31.2 Å². The second-order valence-electron chi connectivity index (χ2n) is 5.36. The molecule has 21 heavy (non-hydrogen) atoms. The second kappa shape index (κ2) is 5.72. The summed E-state index contributed by atoms with van der Waals surface area (Å²) in [5.41, 5.74) is 2.76. The molecule has 0 saturated heterocycles. The first-order chi connectivity index (χ1) is 10.1. The number of benzene rings is 1. The molecule has 0 spiro atoms. The number of halogens is 2. The standard InChI is InChI=1S/C16H17BrFN3/c1-3-19-16-13(17)14(10-5-6-10)20-15(21-16)12-8-11(18)7-4-9(12)2/h4,7-8,10H,3,5-6H2,1-2H3,(H,19,20,21). The highest BCUT2D eigenvalue weighted by molar-refractivity contribution is 9.10. The van der Waals surface area contributed by atoms with Gasteiger partial charge in [-0.25, -0.2) is 14.4 Å². The van der Waals surface area contributed by atoms with Crippen molar-refractivity contribution in [3.05, 3.63) is 39.7 Å². The van der Waals surface area contributed by atoms with Gasteiger partial charge in [-0.15, -0.1) is 0 Å². The van der Waals surface area contributed by atoms with E-state index in [4.69, 9.17) is 0 Å². The van der Waals surface area contributed by atoms with Crippen molar-refractivity contribution in [1.82, 2.24) is 9.97 Å². The first-order valence-electron chi connectivity index (χ1n) is 7.18. The van der Waals surface area contributed by atoms with E-state index in [9.17, 15) is 4.39 Å². The summed E-state index contributed by atoms with van der Waals surface area (Å²) in [6.45, 7) is 4.75. The Hall–Kier alpha value is -1.49. The predicted molar refractivity (Wildman–Crippen MR) is 86.0 cm³/mol. The van der Waals surface area contributed by atoms with Gasteiger partial charge in [-0.05, 0) is 60.3 Å². The van der Waals surface area contributed by atoms with Crippen molar-refractivity contribution in [3.63, 3.8) is 0 Å². The molecule has 3 rings (SSSR count). The monoisotopic (exact) mass is 349 g/mol. The van der Waals surface area contributed by atoms with Crippen LogP contribution in [0.15, 0.2) is 22.7 Å². The van der Waals surface area contributed by atoms with E-state index in [1.165, 1.54) is 12.1 Å². The maximum absolute atomic E-state index is 13.6. The quantitative estimate of drug-likeness (QED) is 0.871. The average Bonchev–Trinajstić information content (AvgIpc) is 3.28. The van der Waals surface area contributed by atoms with Crippen LogP contribution in [0.1, 0.15) is 36.9 Å². The normalized spacial score (nSPS) is 14.3. The van der Waals surface area contributed by atoms with E-state index in [0.717, 1.165) is 46.5 Å². The van der Waals surface area contributed by atoms with Crippen LogP contribution in [0.4, 0.5) is 10.2 Å². The zero-order valence-electron chi connectivity index (χ0n) is 12.1. The molecule has 1 N–H and O–H groups in total. The third kappa shape index (κ3) is 2.93. The molecule has 0 atom stereocenters. The summed E-state index contributed by atoms with van der Waals surface area (Å²) in [7, 11) is 0. The Bertz CT molecular complexity index is 683. The van der Waals surface area contributed by atoms with Gasteiger partial charge in [-0.3, -0.25) is 0 Å². The molecule has 1 fully saturated rings. The predicted octanol–water partition coefficient (Wildman–Crippen LogP) is 4.66. The topological polar surface area (TPSA) is 37.8 Å². The van der Waals surface area contributed by atoms with E-state index in [-0.39, 0.29) is 5.82 Å². The van der Waals surface area contributed by atoms with Crippen LogP contribution < -0.4 is 5.32 Å². The fourth-order valence-electron chi connectivity index (χ4n) is 2.33. The van der Waals surface area contributed by atoms with Gasteiger partial charge < -0.3 is 5.32 Å². The van der Waals surface area contributed by atoms with Crippen LogP contribution in [-0.4, -0.2) is 16.5 Å². The van der Waals surface area contributed by atoms with Crippen molar-refractivity contribution in [1.29, 1.82) is 0 Å². The third-order valence-electron chi connectivity index (χ3n) is 3.63. The smallest absolute Gasteiger partial charge is 0.162 e. The lowest BCUT2D eigenvalue weighted by atomic mass is 10.1. The summed E-state index contributed by atoms with van der Waals surface area (Å²) in [4.78, 5) is 9.25. The lowest BCUT2D eigenvalue weighted by Gasteiger charge is -2.13. The van der Waals surface area contributed by atoms with Crippen LogP contribution in [0.25, 0.3) is 11.4 Å². The molecule has 1 saturated carbocycles. The summed E-state index contributed by atoms with van der Waals surface area (Å²) in [6, 6.07) is 4.73. The van der Waals surface area contributed by atoms with E-state index in [1.807, 2.05) is 13.8 Å². The fraction of sp³-hybridized carbons (Fsp3) is 0.375. The highest BCUT2D eigenvalue weighted by Crippen LogP contribution is 2.44. The molecule has 3 nitrogen and oxygen atoms in total. The number of nitrogens with one attached hydrogen (secondary N) is 1. The van der Waals surface area contributed by atoms with Crippen LogP contribution in [0, 0.1) is 12.7 Å². The van der Waals surface area contributed by atoms with Gasteiger partial charge in [0.1, 0.15) is 11.6 Å². The van der Waals surface area contributed by atoms with Crippen molar-refractivity contribution in [2.45, 2.75) is 32.6 Å². The minimum Gasteiger partial charge on any atom is -0.369 e. The first-order valence-corrected chi connectivity index (χ1v) is 7.97. The van der Waals surface area contributed by atoms with Crippen molar-refractivity contribution >= 4 is 21.7 Å². The van der Waals surface area contributed by atoms with Gasteiger partial charge in [-0.2, -0.15) is 0 Å². The number of rotatable bonds is 4. The molecule has 0 bridgehead atoms. The molecule has 0 radical (unpaired) electrons. The van der Waals surface area contributed by atoms with Crippen LogP contribution in [-0.2, 0) is 0 Å². The van der Waals surface area contributed by atoms with Gasteiger partial charge in [0.25, 0.3) is 0 Å². The number of anilines is 1. The van der Waals surface area contributed by atoms with Gasteiger partial charge in [0, 0.05) is 18.0 Å². The number of aryl methyl sites for hydroxylation is 1. The number of aromatic nitrogens is 2. The number of nitrogens with zero attached hydrogens (tertiary/aromatic N) is 2. The highest BCUT2D eigenvalue weighted by Gasteiger charge is 2.29. The van der Waals surface area contributed by atoms with E-state index < -0.39 is 0 Å². The summed E-state index contributed by atoms with van der Waals surface area (Å²) in [5, 5.41) is 3.25. The highest BCUT2D eigenvalue weighted by atomic mass is 79.9. The van der Waals surface area contributed by atoms with Crippen LogP contribution in [0.3, 0.4) is 0 Å². The van der Waals surface area contributed by atoms with Crippen LogP contribution >= 0.6 is 15.9 Å². The van der Waals surface area contributed by atoms with Crippen LogP contribution in [0.5, 0.6) is 0 Å². The Morgan fingerprint density at radius 2 is 2.10 bits per heavy atom. The van der Waals surface area contributed by atoms with E-state index in [0.29, 0.717) is 11.7 Å². The minimum atomic E-state index is -0.264. The lowest BCUT2D eigenvalue weighted by Crippen LogP contribution is -2.06. The van der Waals surface area contributed by atoms with Gasteiger partial charge >= 0.3 is 0 Å². The van der Waals surface area contributed by atoms with E-state index in [1.54, 1.807) is 6.07 Å². The maximum Gasteiger partial charge on any atom is 0.162 e. The molecule has 0 unspecified atom stereocenters. The zero-order valence-corrected chi connectivity index (χ0v) is 13.7. The molecule has 0 aliphatic heterocycles. The number of hydrogen-bond acceptors (Lipinski definition) is 3. The molecule has 110 valence electrons. The SMILES string of the molecule is CCNc1nc(-c2cc(F)ccc2C)nc(C2CC2)c1Br. The van der Waals surface area contributed by atoms with Crippen LogP contribution in [0.2, 0.25) is 0 Å². The Morgan fingerprint density at radius 3 is 2.76 bits per heavy atom. The largest absolute Gasteiger partial charge is 0.369 e. The lowest BCUT2D eigenvalue weighted by molar-refractivity contribution is 0.627. The molecule has 0 amide bonds. The molecule has 1 heterocycles. The Morgan fingerprint density at radius 1 is 1.33 bits per heavy atom. The summed E-state index contributed by atoms with van der Waals surface area (Å²) < 4.78 is 14.5. The Kier molecular flexibility index (Phi) is 3.93. The minimum absolute atomic E-state index is 0.264. The Balaban J connectivity index is 2.15. The first kappa shape index (κ1) is 14.4. The van der Waals surface area contributed by atoms with E-state index >= 15 is 0 Å². The fourth-order valence-corrected chi connectivity index (χ4v) is 2.97. The molecule has 1 aromatic carbocycles. The molecule has 1 aliphatic carbocycles. The van der Waals surface area contributed by atoms with Gasteiger partial charge in [0.15, 0.2) is 5.82 Å². The van der Waals surface area contributed by atoms with Crippen molar-refractivity contribution in [2.75, 3.05) is 11.9 Å². The summed E-state index contributed by atoms with van der Waals surface area (Å²) in [6.07, 6.45) is 2.31. The molecular formula is C16H17BrFN3.